The number of ether oxygens (including phenoxy) is 1. The van der Waals surface area contributed by atoms with Crippen LogP contribution in [0.3, 0.4) is 0 Å². The highest BCUT2D eigenvalue weighted by Crippen LogP contribution is 2.36. The second-order valence-corrected chi connectivity index (χ2v) is 6.41. The van der Waals surface area contributed by atoms with E-state index < -0.39 is 0 Å². The summed E-state index contributed by atoms with van der Waals surface area (Å²) in [5, 5.41) is 5.78. The van der Waals surface area contributed by atoms with Gasteiger partial charge in [-0.2, -0.15) is 5.10 Å². The van der Waals surface area contributed by atoms with E-state index in [1.165, 1.54) is 0 Å². The van der Waals surface area contributed by atoms with Crippen molar-refractivity contribution in [3.8, 4) is 5.75 Å². The average molecular weight is 413 g/mol. The van der Waals surface area contributed by atoms with E-state index in [1.54, 1.807) is 12.1 Å². The maximum Gasteiger partial charge on any atom is 0.157 e. The number of hydrogen-bond donors (Lipinski definition) is 0. The normalized spacial score (nSPS) is 11.0. The van der Waals surface area contributed by atoms with Gasteiger partial charge in [-0.1, -0.05) is 41.7 Å². The number of hydrogen-bond acceptors (Lipinski definition) is 2. The smallest absolute Gasteiger partial charge is 0.157 e. The summed E-state index contributed by atoms with van der Waals surface area (Å²) in [5.41, 5.74) is 1.96. The fourth-order valence-corrected chi connectivity index (χ4v) is 3.57. The Balaban J connectivity index is 2.26. The van der Waals surface area contributed by atoms with Crippen LogP contribution in [0, 0.1) is 0 Å². The van der Waals surface area contributed by atoms with Gasteiger partial charge in [0.2, 0.25) is 0 Å². The van der Waals surface area contributed by atoms with E-state index in [9.17, 15) is 0 Å². The standard InChI is InChI=1S/C14H14BrCl3N2O/c1-3-11-13(15)12(20(4-2)19-11)7-21-14-9(17)5-8(16)6-10(14)18/h5-6H,3-4,7H2,1-2H3. The summed E-state index contributed by atoms with van der Waals surface area (Å²) in [5.74, 6) is 0.427. The molecular formula is C14H14BrCl3N2O. The molecule has 2 aromatic rings. The number of nitrogens with zero attached hydrogens (tertiary/aromatic N) is 2. The molecule has 7 heteroatoms. The fourth-order valence-electron chi connectivity index (χ4n) is 1.96. The maximum atomic E-state index is 6.12. The van der Waals surface area contributed by atoms with Crippen molar-refractivity contribution in [3.05, 3.63) is 43.1 Å². The van der Waals surface area contributed by atoms with Crippen LogP contribution in [0.2, 0.25) is 15.1 Å². The van der Waals surface area contributed by atoms with Crippen LogP contribution in [0.15, 0.2) is 16.6 Å². The number of aryl methyl sites for hydroxylation is 2. The predicted octanol–water partition coefficient (Wildman–Crippen LogP) is 5.77. The lowest BCUT2D eigenvalue weighted by Crippen LogP contribution is -2.07. The van der Waals surface area contributed by atoms with Gasteiger partial charge < -0.3 is 4.74 Å². The molecular weight excluding hydrogens is 398 g/mol. The molecule has 0 aliphatic heterocycles. The summed E-state index contributed by atoms with van der Waals surface area (Å²) in [6.45, 7) is 5.18. The SMILES string of the molecule is CCc1nn(CC)c(COc2c(Cl)cc(Cl)cc2Cl)c1Br. The monoisotopic (exact) mass is 410 g/mol. The minimum atomic E-state index is 0.322. The van der Waals surface area contributed by atoms with E-state index in [1.807, 2.05) is 11.6 Å². The van der Waals surface area contributed by atoms with E-state index in [0.29, 0.717) is 27.4 Å². The van der Waals surface area contributed by atoms with Gasteiger partial charge in [0.25, 0.3) is 0 Å². The molecule has 114 valence electrons. The van der Waals surface area contributed by atoms with Gasteiger partial charge >= 0.3 is 0 Å². The van der Waals surface area contributed by atoms with E-state index >= 15 is 0 Å². The highest BCUT2D eigenvalue weighted by Gasteiger charge is 2.16. The highest BCUT2D eigenvalue weighted by molar-refractivity contribution is 9.10. The van der Waals surface area contributed by atoms with Crippen LogP contribution in [-0.2, 0) is 19.6 Å². The summed E-state index contributed by atoms with van der Waals surface area (Å²) in [7, 11) is 0. The second-order valence-electron chi connectivity index (χ2n) is 4.36. The first kappa shape index (κ1) is 16.9. The summed E-state index contributed by atoms with van der Waals surface area (Å²) in [4.78, 5) is 0. The highest BCUT2D eigenvalue weighted by atomic mass is 79.9. The third-order valence-corrected chi connectivity index (χ3v) is 4.71. The van der Waals surface area contributed by atoms with Crippen LogP contribution >= 0.6 is 50.7 Å². The summed E-state index contributed by atoms with van der Waals surface area (Å²) < 4.78 is 8.65. The Morgan fingerprint density at radius 2 is 1.81 bits per heavy atom. The Kier molecular flexibility index (Phi) is 5.83. The Hall–Kier alpha value is -0.420. The quantitative estimate of drug-likeness (QED) is 0.624. The molecule has 2 rings (SSSR count). The maximum absolute atomic E-state index is 6.12. The van der Waals surface area contributed by atoms with E-state index in [-0.39, 0.29) is 0 Å². The van der Waals surface area contributed by atoms with E-state index in [2.05, 4.69) is 28.0 Å². The molecule has 0 saturated heterocycles. The molecule has 21 heavy (non-hydrogen) atoms. The molecule has 0 aliphatic carbocycles. The molecule has 1 aromatic carbocycles. The summed E-state index contributed by atoms with van der Waals surface area (Å²) >= 11 is 21.7. The van der Waals surface area contributed by atoms with Crippen molar-refractivity contribution < 1.29 is 4.74 Å². The number of halogens is 4. The van der Waals surface area contributed by atoms with Crippen molar-refractivity contribution in [2.24, 2.45) is 0 Å². The molecule has 0 aliphatic rings. The Labute approximate surface area is 147 Å². The Morgan fingerprint density at radius 3 is 2.33 bits per heavy atom. The van der Waals surface area contributed by atoms with Gasteiger partial charge in [0, 0.05) is 11.6 Å². The van der Waals surface area contributed by atoms with Crippen LogP contribution in [0.25, 0.3) is 0 Å². The van der Waals surface area contributed by atoms with Crippen LogP contribution in [0.4, 0.5) is 0 Å². The van der Waals surface area contributed by atoms with Gasteiger partial charge in [0.05, 0.1) is 25.9 Å². The van der Waals surface area contributed by atoms with Crippen molar-refractivity contribution in [3.63, 3.8) is 0 Å². The molecule has 0 atom stereocenters. The summed E-state index contributed by atoms with van der Waals surface area (Å²) in [6, 6.07) is 3.21. The van der Waals surface area contributed by atoms with Crippen molar-refractivity contribution in [2.75, 3.05) is 0 Å². The van der Waals surface area contributed by atoms with Gasteiger partial charge in [0.15, 0.2) is 5.75 Å². The van der Waals surface area contributed by atoms with E-state index in [0.717, 1.165) is 28.8 Å². The first-order valence-electron chi connectivity index (χ1n) is 6.49. The minimum absolute atomic E-state index is 0.322. The molecule has 1 aromatic heterocycles. The zero-order valence-electron chi connectivity index (χ0n) is 11.6. The zero-order valence-corrected chi connectivity index (χ0v) is 15.4. The molecule has 0 radical (unpaired) electrons. The van der Waals surface area contributed by atoms with Crippen molar-refractivity contribution >= 4 is 50.7 Å². The number of benzene rings is 1. The molecule has 0 spiro atoms. The molecule has 0 fully saturated rings. The Morgan fingerprint density at radius 1 is 1.19 bits per heavy atom. The lowest BCUT2D eigenvalue weighted by atomic mass is 10.3. The van der Waals surface area contributed by atoms with Crippen LogP contribution in [0.5, 0.6) is 5.75 Å². The zero-order chi connectivity index (χ0) is 15.6. The molecule has 3 nitrogen and oxygen atoms in total. The van der Waals surface area contributed by atoms with Crippen molar-refractivity contribution in [1.82, 2.24) is 9.78 Å². The molecule has 0 amide bonds. The average Bonchev–Trinajstić information content (AvgIpc) is 2.73. The van der Waals surface area contributed by atoms with Crippen molar-refractivity contribution in [2.45, 2.75) is 33.4 Å². The first-order valence-corrected chi connectivity index (χ1v) is 8.42. The van der Waals surface area contributed by atoms with Gasteiger partial charge in [0.1, 0.15) is 6.61 Å². The van der Waals surface area contributed by atoms with E-state index in [4.69, 9.17) is 39.5 Å². The lowest BCUT2D eigenvalue weighted by Gasteiger charge is -2.11. The largest absolute Gasteiger partial charge is 0.484 e. The van der Waals surface area contributed by atoms with Crippen LogP contribution in [0.1, 0.15) is 25.2 Å². The number of aromatic nitrogens is 2. The van der Waals surface area contributed by atoms with Gasteiger partial charge in [-0.25, -0.2) is 0 Å². The Bertz CT molecular complexity index is 635. The number of rotatable bonds is 5. The third-order valence-electron chi connectivity index (χ3n) is 3.01. The van der Waals surface area contributed by atoms with Gasteiger partial charge in [-0.15, -0.1) is 0 Å². The lowest BCUT2D eigenvalue weighted by molar-refractivity contribution is 0.292. The topological polar surface area (TPSA) is 27.1 Å². The second kappa shape index (κ2) is 7.23. The predicted molar refractivity (Wildman–Crippen MR) is 90.8 cm³/mol. The van der Waals surface area contributed by atoms with Crippen LogP contribution in [-0.4, -0.2) is 9.78 Å². The molecule has 0 saturated carbocycles. The third kappa shape index (κ3) is 3.67. The van der Waals surface area contributed by atoms with Crippen molar-refractivity contribution in [1.29, 1.82) is 0 Å². The van der Waals surface area contributed by atoms with Gasteiger partial charge in [-0.3, -0.25) is 4.68 Å². The summed E-state index contributed by atoms with van der Waals surface area (Å²) in [6.07, 6.45) is 0.850. The molecule has 0 bridgehead atoms. The van der Waals surface area contributed by atoms with Gasteiger partial charge in [-0.05, 0) is 41.4 Å². The first-order chi connectivity index (χ1) is 9.97. The molecule has 0 unspecified atom stereocenters. The van der Waals surface area contributed by atoms with Crippen LogP contribution < -0.4 is 4.74 Å². The fraction of sp³-hybridized carbons (Fsp3) is 0.357. The molecule has 1 heterocycles. The minimum Gasteiger partial charge on any atom is -0.484 e. The molecule has 0 N–H and O–H groups in total.